The van der Waals surface area contributed by atoms with Gasteiger partial charge in [-0.25, -0.2) is 9.69 Å². The van der Waals surface area contributed by atoms with Gasteiger partial charge in [0.15, 0.2) is 6.61 Å². The van der Waals surface area contributed by atoms with Gasteiger partial charge in [0.1, 0.15) is 11.0 Å². The second-order valence-electron chi connectivity index (χ2n) is 9.80. The number of ether oxygens (including phenoxy) is 2. The number of carbonyl (C=O) groups excluding carboxylic acids is 4. The standard InChI is InChI=1S/C31H25N3O7S2/c1-2-40-30(38)18-8-12-19(13-9-18)32-22(35)16-41-21-14-10-17(11-15-21)23-24-26(42-27-25(23)43-31(39)33-27)29(37)34(28(24)36)20-6-4-3-5-7-20/h3-15,23-24,26H,2,16H2,1H3,(H,32,35)(H,33,39). The number of hydrogen-bond acceptors (Lipinski definition) is 9. The minimum absolute atomic E-state index is 0.246. The number of nitrogens with zero attached hydrogens (tertiary/aromatic N) is 1. The van der Waals surface area contributed by atoms with E-state index in [-0.39, 0.29) is 29.9 Å². The van der Waals surface area contributed by atoms with Gasteiger partial charge < -0.3 is 19.8 Å². The van der Waals surface area contributed by atoms with Crippen molar-refractivity contribution in [2.45, 2.75) is 23.1 Å². The quantitative estimate of drug-likeness (QED) is 0.220. The molecule has 43 heavy (non-hydrogen) atoms. The van der Waals surface area contributed by atoms with Crippen LogP contribution >= 0.6 is 23.1 Å². The highest BCUT2D eigenvalue weighted by molar-refractivity contribution is 8.00. The summed E-state index contributed by atoms with van der Waals surface area (Å²) in [6.45, 7) is 1.74. The summed E-state index contributed by atoms with van der Waals surface area (Å²) >= 11 is 2.27. The highest BCUT2D eigenvalue weighted by atomic mass is 32.2. The number of hydrogen-bond donors (Lipinski definition) is 2. The Balaban J connectivity index is 1.17. The van der Waals surface area contributed by atoms with Gasteiger partial charge in [-0.1, -0.05) is 53.4 Å². The van der Waals surface area contributed by atoms with Crippen molar-refractivity contribution in [2.24, 2.45) is 5.92 Å². The van der Waals surface area contributed by atoms with Gasteiger partial charge in [0.25, 0.3) is 5.91 Å². The SMILES string of the molecule is CCOC(=O)c1ccc(NC(=O)COc2ccc(C3c4sc(=O)[nH]c4SC4C(=O)N(c5ccccc5)C(=O)C43)cc2)cc1. The van der Waals surface area contributed by atoms with E-state index in [1.54, 1.807) is 79.7 Å². The monoisotopic (exact) mass is 615 g/mol. The summed E-state index contributed by atoms with van der Waals surface area (Å²) in [7, 11) is 0. The molecule has 10 nitrogen and oxygen atoms in total. The van der Waals surface area contributed by atoms with E-state index < -0.39 is 29.0 Å². The van der Waals surface area contributed by atoms with E-state index in [0.717, 1.165) is 16.9 Å². The van der Waals surface area contributed by atoms with Gasteiger partial charge in [0.2, 0.25) is 11.8 Å². The molecule has 0 saturated carbocycles. The predicted octanol–water partition coefficient (Wildman–Crippen LogP) is 4.43. The molecule has 1 fully saturated rings. The first kappa shape index (κ1) is 28.4. The largest absolute Gasteiger partial charge is 0.484 e. The number of thioether (sulfide) groups is 1. The Morgan fingerprint density at radius 3 is 2.35 bits per heavy atom. The molecule has 2 aliphatic heterocycles. The van der Waals surface area contributed by atoms with E-state index in [9.17, 15) is 24.0 Å². The first-order chi connectivity index (χ1) is 20.8. The molecule has 2 aliphatic rings. The van der Waals surface area contributed by atoms with Crippen molar-refractivity contribution < 1.29 is 28.7 Å². The smallest absolute Gasteiger partial charge is 0.338 e. The van der Waals surface area contributed by atoms with Crippen LogP contribution in [0.3, 0.4) is 0 Å². The number of fused-ring (bicyclic) bond motifs is 2. The van der Waals surface area contributed by atoms with Crippen molar-refractivity contribution in [3.05, 3.63) is 105 Å². The lowest BCUT2D eigenvalue weighted by Gasteiger charge is -2.29. The maximum absolute atomic E-state index is 13.7. The fourth-order valence-corrected chi connectivity index (χ4v) is 7.74. The third-order valence-electron chi connectivity index (χ3n) is 7.13. The molecule has 0 aliphatic carbocycles. The van der Waals surface area contributed by atoms with Crippen molar-refractivity contribution in [1.82, 2.24) is 4.98 Å². The molecular formula is C31H25N3O7S2. The van der Waals surface area contributed by atoms with Crippen molar-refractivity contribution >= 4 is 58.2 Å². The van der Waals surface area contributed by atoms with Crippen molar-refractivity contribution in [1.29, 1.82) is 0 Å². The number of H-pyrrole nitrogens is 1. The summed E-state index contributed by atoms with van der Waals surface area (Å²) in [6, 6.07) is 22.1. The number of esters is 1. The highest BCUT2D eigenvalue weighted by Gasteiger charge is 2.56. The van der Waals surface area contributed by atoms with Crippen LogP contribution in [0.1, 0.15) is 33.6 Å². The van der Waals surface area contributed by atoms with Gasteiger partial charge >= 0.3 is 10.8 Å². The van der Waals surface area contributed by atoms with Crippen molar-refractivity contribution in [3.63, 3.8) is 0 Å². The third-order valence-corrected chi connectivity index (χ3v) is 9.53. The highest BCUT2D eigenvalue weighted by Crippen LogP contribution is 2.53. The zero-order chi connectivity index (χ0) is 30.1. The van der Waals surface area contributed by atoms with Gasteiger partial charge in [-0.15, -0.1) is 0 Å². The van der Waals surface area contributed by atoms with E-state index >= 15 is 0 Å². The minimum Gasteiger partial charge on any atom is -0.484 e. The molecule has 1 aromatic heterocycles. The van der Waals surface area contributed by atoms with Crippen LogP contribution in [0.4, 0.5) is 11.4 Å². The molecule has 3 unspecified atom stereocenters. The molecule has 0 spiro atoms. The van der Waals surface area contributed by atoms with E-state index in [1.165, 1.54) is 16.7 Å². The van der Waals surface area contributed by atoms with Gasteiger partial charge in [0.05, 0.1) is 28.8 Å². The molecule has 0 bridgehead atoms. The average Bonchev–Trinajstić information content (AvgIpc) is 3.51. The third kappa shape index (κ3) is 5.58. The molecule has 2 N–H and O–H groups in total. The number of imide groups is 1. The maximum Gasteiger partial charge on any atom is 0.338 e. The number of aromatic nitrogens is 1. The van der Waals surface area contributed by atoms with Crippen LogP contribution < -0.4 is 19.8 Å². The Hall–Kier alpha value is -4.68. The molecule has 4 aromatic rings. The predicted molar refractivity (Wildman–Crippen MR) is 162 cm³/mol. The van der Waals surface area contributed by atoms with Crippen molar-refractivity contribution in [2.75, 3.05) is 23.4 Å². The number of aromatic amines is 1. The normalized spacial score (nSPS) is 19.0. The molecule has 6 rings (SSSR count). The Bertz CT molecular complexity index is 1750. The lowest BCUT2D eigenvalue weighted by Crippen LogP contribution is -2.32. The summed E-state index contributed by atoms with van der Waals surface area (Å²) in [4.78, 5) is 68.3. The van der Waals surface area contributed by atoms with Crippen LogP contribution in [-0.4, -0.2) is 47.1 Å². The summed E-state index contributed by atoms with van der Waals surface area (Å²) in [5, 5.41) is 2.64. The van der Waals surface area contributed by atoms with Crippen LogP contribution in [0, 0.1) is 5.92 Å². The van der Waals surface area contributed by atoms with Gasteiger partial charge in [-0.2, -0.15) is 0 Å². The molecule has 3 aromatic carbocycles. The number of anilines is 2. The number of rotatable bonds is 8. The summed E-state index contributed by atoms with van der Waals surface area (Å²) < 4.78 is 10.6. The molecular weight excluding hydrogens is 590 g/mol. The fourth-order valence-electron chi connectivity index (χ4n) is 5.23. The minimum atomic E-state index is -0.690. The number of thiazole rings is 1. The number of para-hydroxylation sites is 1. The van der Waals surface area contributed by atoms with Gasteiger partial charge in [-0.05, 0) is 61.0 Å². The Labute approximate surface area is 254 Å². The molecule has 218 valence electrons. The first-order valence-corrected chi connectivity index (χ1v) is 15.2. The lowest BCUT2D eigenvalue weighted by molar-refractivity contribution is -0.122. The summed E-state index contributed by atoms with van der Waals surface area (Å²) in [5.41, 5.74) is 2.15. The van der Waals surface area contributed by atoms with Crippen LogP contribution in [0.2, 0.25) is 0 Å². The van der Waals surface area contributed by atoms with Crippen molar-refractivity contribution in [3.8, 4) is 5.75 Å². The van der Waals surface area contributed by atoms with E-state index in [0.29, 0.717) is 32.6 Å². The number of benzene rings is 3. The second-order valence-corrected chi connectivity index (χ2v) is 12.0. The van der Waals surface area contributed by atoms with Crippen LogP contribution in [0.15, 0.2) is 88.7 Å². The van der Waals surface area contributed by atoms with E-state index in [1.807, 2.05) is 6.07 Å². The molecule has 0 radical (unpaired) electrons. The van der Waals surface area contributed by atoms with E-state index in [2.05, 4.69) is 10.3 Å². The van der Waals surface area contributed by atoms with Gasteiger partial charge in [0, 0.05) is 16.5 Å². The molecule has 3 heterocycles. The summed E-state index contributed by atoms with van der Waals surface area (Å²) in [6.07, 6.45) is 0. The maximum atomic E-state index is 13.7. The van der Waals surface area contributed by atoms with Gasteiger partial charge in [-0.3, -0.25) is 19.2 Å². The molecule has 12 heteroatoms. The topological polar surface area (TPSA) is 135 Å². The number of carbonyl (C=O) groups is 4. The Kier molecular flexibility index (Phi) is 7.87. The average molecular weight is 616 g/mol. The zero-order valence-electron chi connectivity index (χ0n) is 22.8. The van der Waals surface area contributed by atoms with Crippen LogP contribution in [-0.2, 0) is 19.1 Å². The van der Waals surface area contributed by atoms with E-state index in [4.69, 9.17) is 9.47 Å². The molecule has 3 atom stereocenters. The van der Waals surface area contributed by atoms with Crippen LogP contribution in [0.25, 0.3) is 0 Å². The Morgan fingerprint density at radius 1 is 0.930 bits per heavy atom. The zero-order valence-corrected chi connectivity index (χ0v) is 24.4. The number of nitrogens with one attached hydrogen (secondary N) is 2. The fraction of sp³-hybridized carbons (Fsp3) is 0.194. The molecule has 3 amide bonds. The molecule has 1 saturated heterocycles. The second kappa shape index (κ2) is 11.9. The summed E-state index contributed by atoms with van der Waals surface area (Å²) in [5.74, 6) is -2.21. The number of amides is 3. The Morgan fingerprint density at radius 2 is 1.65 bits per heavy atom. The lowest BCUT2D eigenvalue weighted by atomic mass is 9.83. The van der Waals surface area contributed by atoms with Crippen LogP contribution in [0.5, 0.6) is 5.75 Å². The first-order valence-electron chi connectivity index (χ1n) is 13.5.